The molecule has 0 aliphatic carbocycles. The van der Waals surface area contributed by atoms with Crippen LogP contribution in [0.5, 0.6) is 23.0 Å². The van der Waals surface area contributed by atoms with E-state index in [9.17, 15) is 5.11 Å². The van der Waals surface area contributed by atoms with Crippen molar-refractivity contribution in [3.05, 3.63) is 12.1 Å². The van der Waals surface area contributed by atoms with Gasteiger partial charge >= 0.3 is 0 Å². The fourth-order valence-corrected chi connectivity index (χ4v) is 1.02. The van der Waals surface area contributed by atoms with Crippen LogP contribution in [0.2, 0.25) is 0 Å². The fraction of sp³-hybridized carbons (Fsp3) is 0.333. The zero-order chi connectivity index (χ0) is 9.84. The summed E-state index contributed by atoms with van der Waals surface area (Å²) in [5.41, 5.74) is 0. The monoisotopic (exact) mass is 183 g/mol. The van der Waals surface area contributed by atoms with Crippen molar-refractivity contribution in [1.29, 1.82) is 0 Å². The minimum Gasteiger partial charge on any atom is -0.496 e. The third kappa shape index (κ3) is 1.77. The molecule has 0 fully saturated rings. The maximum absolute atomic E-state index is 11.3. The lowest BCUT2D eigenvalue weighted by atomic mass is 10.2. The van der Waals surface area contributed by atoms with Crippen molar-refractivity contribution in [2.75, 3.05) is 21.3 Å². The van der Waals surface area contributed by atoms with E-state index in [0.29, 0.717) is 11.5 Å². The Morgan fingerprint density at radius 1 is 1.00 bits per heavy atom. The zero-order valence-corrected chi connectivity index (χ0v) is 7.79. The third-order valence-corrected chi connectivity index (χ3v) is 1.65. The van der Waals surface area contributed by atoms with Crippen molar-refractivity contribution in [3.8, 4) is 23.0 Å². The molecule has 0 aliphatic rings. The van der Waals surface area contributed by atoms with Crippen LogP contribution >= 0.6 is 0 Å². The molecule has 13 heavy (non-hydrogen) atoms. The molecule has 1 rings (SSSR count). The molecule has 0 spiro atoms. The summed E-state index contributed by atoms with van der Waals surface area (Å²) in [4.78, 5) is 0. The van der Waals surface area contributed by atoms with Crippen molar-refractivity contribution >= 4 is 0 Å². The molecular formula is C9H11O4. The van der Waals surface area contributed by atoms with Crippen molar-refractivity contribution in [1.82, 2.24) is 0 Å². The van der Waals surface area contributed by atoms with Gasteiger partial charge in [0.05, 0.1) is 21.3 Å². The van der Waals surface area contributed by atoms with E-state index in [1.54, 1.807) is 6.07 Å². The highest BCUT2D eigenvalue weighted by atomic mass is 16.5. The third-order valence-electron chi connectivity index (χ3n) is 1.65. The highest BCUT2D eigenvalue weighted by molar-refractivity contribution is 5.54. The fourth-order valence-electron chi connectivity index (χ4n) is 1.02. The van der Waals surface area contributed by atoms with Gasteiger partial charge in [0.1, 0.15) is 5.75 Å². The summed E-state index contributed by atoms with van der Waals surface area (Å²) in [5.74, 6) is 0.788. The number of hydrogen-bond donors (Lipinski definition) is 0. The number of ether oxygens (including phenoxy) is 3. The van der Waals surface area contributed by atoms with Crippen molar-refractivity contribution < 1.29 is 19.3 Å². The predicted molar refractivity (Wildman–Crippen MR) is 46.2 cm³/mol. The highest BCUT2D eigenvalue weighted by Gasteiger charge is 2.13. The van der Waals surface area contributed by atoms with Crippen LogP contribution in [0.15, 0.2) is 12.1 Å². The number of benzene rings is 1. The molecule has 0 unspecified atom stereocenters. The molecule has 0 aliphatic heterocycles. The average molecular weight is 183 g/mol. The number of rotatable bonds is 3. The second-order valence-electron chi connectivity index (χ2n) is 2.36. The van der Waals surface area contributed by atoms with Gasteiger partial charge in [0.25, 0.3) is 0 Å². The molecule has 0 aromatic heterocycles. The first-order valence-electron chi connectivity index (χ1n) is 3.70. The molecule has 71 valence electrons. The van der Waals surface area contributed by atoms with Crippen LogP contribution in [0.1, 0.15) is 0 Å². The maximum Gasteiger partial charge on any atom is 0.227 e. The van der Waals surface area contributed by atoms with Gasteiger partial charge in [0.2, 0.25) is 11.5 Å². The molecule has 0 saturated carbocycles. The molecule has 1 aromatic rings. The van der Waals surface area contributed by atoms with Gasteiger partial charge in [-0.1, -0.05) is 0 Å². The van der Waals surface area contributed by atoms with Crippen LogP contribution in [-0.2, 0) is 5.11 Å². The molecule has 4 heteroatoms. The van der Waals surface area contributed by atoms with Crippen LogP contribution in [0.25, 0.3) is 0 Å². The van der Waals surface area contributed by atoms with E-state index in [4.69, 9.17) is 14.2 Å². The summed E-state index contributed by atoms with van der Waals surface area (Å²) in [5, 5.41) is 11.3. The summed E-state index contributed by atoms with van der Waals surface area (Å²) >= 11 is 0. The Hall–Kier alpha value is -1.58. The van der Waals surface area contributed by atoms with E-state index in [0.717, 1.165) is 0 Å². The first-order chi connectivity index (χ1) is 6.22. The summed E-state index contributed by atoms with van der Waals surface area (Å²) in [6.07, 6.45) is 0. The van der Waals surface area contributed by atoms with Gasteiger partial charge in [-0.2, -0.15) is 0 Å². The molecule has 0 heterocycles. The second kappa shape index (κ2) is 3.89. The summed E-state index contributed by atoms with van der Waals surface area (Å²) in [7, 11) is 4.38. The number of methoxy groups -OCH3 is 3. The Balaban J connectivity index is 3.20. The predicted octanol–water partition coefficient (Wildman–Crippen LogP) is 1.86. The van der Waals surface area contributed by atoms with Crippen LogP contribution in [0.4, 0.5) is 0 Å². The van der Waals surface area contributed by atoms with Crippen molar-refractivity contribution in [2.24, 2.45) is 0 Å². The van der Waals surface area contributed by atoms with Crippen molar-refractivity contribution in [2.45, 2.75) is 0 Å². The Bertz CT molecular complexity index is 296. The first-order valence-corrected chi connectivity index (χ1v) is 3.70. The van der Waals surface area contributed by atoms with E-state index in [2.05, 4.69) is 0 Å². The Morgan fingerprint density at radius 2 is 1.69 bits per heavy atom. The highest BCUT2D eigenvalue weighted by Crippen LogP contribution is 2.40. The van der Waals surface area contributed by atoms with Crippen LogP contribution in [0, 0.1) is 0 Å². The molecule has 0 saturated heterocycles. The van der Waals surface area contributed by atoms with Gasteiger partial charge < -0.3 is 14.2 Å². The average Bonchev–Trinajstić information content (AvgIpc) is 2.16. The molecule has 1 aromatic carbocycles. The Labute approximate surface area is 76.7 Å². The SMILES string of the molecule is COc1cc([O])c(OC)c(OC)c1. The minimum atomic E-state index is -0.251. The van der Waals surface area contributed by atoms with E-state index in [1.807, 2.05) is 0 Å². The second-order valence-corrected chi connectivity index (χ2v) is 2.36. The van der Waals surface area contributed by atoms with Crippen LogP contribution < -0.4 is 14.2 Å². The lowest BCUT2D eigenvalue weighted by Crippen LogP contribution is -1.92. The standard InChI is InChI=1S/C9H11O4/c1-11-6-4-7(10)9(13-3)8(5-6)12-2/h4-5H,1-3H3. The van der Waals surface area contributed by atoms with Crippen LogP contribution in [0.3, 0.4) is 0 Å². The largest absolute Gasteiger partial charge is 0.496 e. The normalized spacial score (nSPS) is 9.46. The summed E-state index contributed by atoms with van der Waals surface area (Å²) in [6, 6.07) is 2.95. The molecule has 0 N–H and O–H groups in total. The lowest BCUT2D eigenvalue weighted by molar-refractivity contribution is 0.293. The smallest absolute Gasteiger partial charge is 0.227 e. The van der Waals surface area contributed by atoms with Gasteiger partial charge in [0.15, 0.2) is 5.75 Å². The molecule has 0 bridgehead atoms. The van der Waals surface area contributed by atoms with E-state index >= 15 is 0 Å². The molecule has 0 amide bonds. The van der Waals surface area contributed by atoms with Gasteiger partial charge in [0, 0.05) is 12.1 Å². The molecular weight excluding hydrogens is 172 g/mol. The van der Waals surface area contributed by atoms with Gasteiger partial charge in [-0.25, -0.2) is 0 Å². The van der Waals surface area contributed by atoms with Crippen molar-refractivity contribution in [3.63, 3.8) is 0 Å². The van der Waals surface area contributed by atoms with Gasteiger partial charge in [-0.3, -0.25) is 5.11 Å². The van der Waals surface area contributed by atoms with E-state index in [-0.39, 0.29) is 11.5 Å². The quantitative estimate of drug-likeness (QED) is 0.718. The van der Waals surface area contributed by atoms with E-state index < -0.39 is 0 Å². The maximum atomic E-state index is 11.3. The minimum absolute atomic E-state index is 0.198. The van der Waals surface area contributed by atoms with E-state index in [1.165, 1.54) is 27.4 Å². The zero-order valence-electron chi connectivity index (χ0n) is 7.79. The topological polar surface area (TPSA) is 47.6 Å². The lowest BCUT2D eigenvalue weighted by Gasteiger charge is -2.09. The Kier molecular flexibility index (Phi) is 2.84. The Morgan fingerprint density at radius 3 is 2.15 bits per heavy atom. The number of hydrogen-bond acceptors (Lipinski definition) is 3. The van der Waals surface area contributed by atoms with Gasteiger partial charge in [-0.05, 0) is 0 Å². The molecule has 0 atom stereocenters. The molecule has 4 nitrogen and oxygen atoms in total. The molecule has 1 radical (unpaired) electrons. The first kappa shape index (κ1) is 9.51. The summed E-state index contributed by atoms with van der Waals surface area (Å²) in [6.45, 7) is 0. The summed E-state index contributed by atoms with van der Waals surface area (Å²) < 4.78 is 14.7. The van der Waals surface area contributed by atoms with Gasteiger partial charge in [-0.15, -0.1) is 0 Å². The van der Waals surface area contributed by atoms with Crippen LogP contribution in [-0.4, -0.2) is 21.3 Å².